The van der Waals surface area contributed by atoms with E-state index in [-0.39, 0.29) is 30.3 Å². The van der Waals surface area contributed by atoms with Crippen molar-refractivity contribution in [3.8, 4) is 0 Å². The van der Waals surface area contributed by atoms with E-state index in [2.05, 4.69) is 5.32 Å². The summed E-state index contributed by atoms with van der Waals surface area (Å²) in [6.07, 6.45) is 1.47. The number of rotatable bonds is 5. The molecule has 3 N–H and O–H groups in total. The van der Waals surface area contributed by atoms with Crippen LogP contribution >= 0.6 is 12.4 Å². The second-order valence-electron chi connectivity index (χ2n) is 6.01. The van der Waals surface area contributed by atoms with Crippen molar-refractivity contribution in [3.05, 3.63) is 65.7 Å². The van der Waals surface area contributed by atoms with Crippen molar-refractivity contribution in [3.63, 3.8) is 0 Å². The van der Waals surface area contributed by atoms with Gasteiger partial charge in [0.05, 0.1) is 6.04 Å². The Labute approximate surface area is 153 Å². The summed E-state index contributed by atoms with van der Waals surface area (Å²) in [5, 5.41) is 3.04. The second kappa shape index (κ2) is 8.53. The first kappa shape index (κ1) is 18.8. The fraction of sp³-hybridized carbons (Fsp3) is 0.263. The molecule has 2 aromatic rings. The standard InChI is InChI=1S/C19H21N3O2.ClH/c20-16-9-4-8-15(12-16)19(24)21-17(14-6-2-1-3-7-14)13-22-11-5-10-18(22)23;/h1-4,6-9,12,17H,5,10-11,13,20H2,(H,21,24);1H. The number of nitrogens with one attached hydrogen (secondary N) is 1. The first-order chi connectivity index (χ1) is 11.6. The minimum absolute atomic E-state index is 0. The number of halogens is 1. The van der Waals surface area contributed by atoms with E-state index in [4.69, 9.17) is 5.73 Å². The van der Waals surface area contributed by atoms with E-state index < -0.39 is 0 Å². The zero-order valence-electron chi connectivity index (χ0n) is 13.9. The van der Waals surface area contributed by atoms with E-state index in [1.807, 2.05) is 35.2 Å². The third-order valence-corrected chi connectivity index (χ3v) is 4.23. The van der Waals surface area contributed by atoms with Gasteiger partial charge in [0.15, 0.2) is 0 Å². The van der Waals surface area contributed by atoms with E-state index in [1.165, 1.54) is 0 Å². The van der Waals surface area contributed by atoms with Gasteiger partial charge in [0.1, 0.15) is 0 Å². The maximum Gasteiger partial charge on any atom is 0.251 e. The highest BCUT2D eigenvalue weighted by atomic mass is 35.5. The average Bonchev–Trinajstić information content (AvgIpc) is 3.00. The van der Waals surface area contributed by atoms with Gasteiger partial charge in [0.25, 0.3) is 5.91 Å². The quantitative estimate of drug-likeness (QED) is 0.806. The summed E-state index contributed by atoms with van der Waals surface area (Å²) >= 11 is 0. The number of carbonyl (C=O) groups is 2. The molecule has 1 atom stereocenters. The summed E-state index contributed by atoms with van der Waals surface area (Å²) in [5.41, 5.74) is 7.80. The van der Waals surface area contributed by atoms with Gasteiger partial charge in [0.2, 0.25) is 5.91 Å². The van der Waals surface area contributed by atoms with Crippen molar-refractivity contribution in [1.29, 1.82) is 0 Å². The molecular formula is C19H22ClN3O2. The normalized spacial score (nSPS) is 14.7. The molecule has 0 aromatic heterocycles. The van der Waals surface area contributed by atoms with Gasteiger partial charge < -0.3 is 16.0 Å². The minimum atomic E-state index is -0.248. The summed E-state index contributed by atoms with van der Waals surface area (Å²) < 4.78 is 0. The molecule has 6 heteroatoms. The molecule has 0 bridgehead atoms. The third-order valence-electron chi connectivity index (χ3n) is 4.23. The third kappa shape index (κ3) is 4.73. The van der Waals surface area contributed by atoms with Gasteiger partial charge in [-0.15, -0.1) is 12.4 Å². The number of nitrogens with zero attached hydrogens (tertiary/aromatic N) is 1. The monoisotopic (exact) mass is 359 g/mol. The fourth-order valence-electron chi connectivity index (χ4n) is 2.96. The Morgan fingerprint density at radius 3 is 2.56 bits per heavy atom. The molecule has 132 valence electrons. The number of likely N-dealkylation sites (tertiary alicyclic amines) is 1. The molecular weight excluding hydrogens is 338 g/mol. The smallest absolute Gasteiger partial charge is 0.251 e. The Kier molecular flexibility index (Phi) is 6.42. The Morgan fingerprint density at radius 1 is 1.16 bits per heavy atom. The summed E-state index contributed by atoms with van der Waals surface area (Å²) in [6.45, 7) is 1.23. The number of nitrogen functional groups attached to an aromatic ring is 1. The molecule has 25 heavy (non-hydrogen) atoms. The summed E-state index contributed by atoms with van der Waals surface area (Å²) in [4.78, 5) is 26.3. The Hall–Kier alpha value is -2.53. The van der Waals surface area contributed by atoms with Crippen molar-refractivity contribution in [2.45, 2.75) is 18.9 Å². The predicted octanol–water partition coefficient (Wildman–Crippen LogP) is 2.78. The second-order valence-corrected chi connectivity index (χ2v) is 6.01. The molecule has 1 saturated heterocycles. The molecule has 1 aliphatic rings. The van der Waals surface area contributed by atoms with Crippen LogP contribution in [0.5, 0.6) is 0 Å². The molecule has 1 aliphatic heterocycles. The van der Waals surface area contributed by atoms with E-state index in [1.54, 1.807) is 24.3 Å². The van der Waals surface area contributed by atoms with Crippen molar-refractivity contribution in [1.82, 2.24) is 10.2 Å². The number of benzene rings is 2. The number of amides is 2. The van der Waals surface area contributed by atoms with Gasteiger partial charge in [-0.3, -0.25) is 9.59 Å². The SMILES string of the molecule is Cl.Nc1cccc(C(=O)NC(CN2CCCC2=O)c2ccccc2)c1. The molecule has 1 unspecified atom stereocenters. The molecule has 0 radical (unpaired) electrons. The highest BCUT2D eigenvalue weighted by Crippen LogP contribution is 2.19. The van der Waals surface area contributed by atoms with Crippen molar-refractivity contribution < 1.29 is 9.59 Å². The van der Waals surface area contributed by atoms with E-state index >= 15 is 0 Å². The summed E-state index contributed by atoms with van der Waals surface area (Å²) in [7, 11) is 0. The maximum absolute atomic E-state index is 12.6. The largest absolute Gasteiger partial charge is 0.399 e. The topological polar surface area (TPSA) is 75.4 Å². The molecule has 5 nitrogen and oxygen atoms in total. The highest BCUT2D eigenvalue weighted by Gasteiger charge is 2.25. The summed E-state index contributed by atoms with van der Waals surface area (Å²) in [6, 6.07) is 16.4. The predicted molar refractivity (Wildman–Crippen MR) is 101 cm³/mol. The number of anilines is 1. The zero-order chi connectivity index (χ0) is 16.9. The molecule has 1 fully saturated rings. The lowest BCUT2D eigenvalue weighted by molar-refractivity contribution is -0.128. The van der Waals surface area contributed by atoms with Crippen LogP contribution in [-0.4, -0.2) is 29.8 Å². The van der Waals surface area contributed by atoms with Crippen LogP contribution in [-0.2, 0) is 4.79 Å². The van der Waals surface area contributed by atoms with E-state index in [0.717, 1.165) is 18.5 Å². The van der Waals surface area contributed by atoms with Crippen LogP contribution < -0.4 is 11.1 Å². The molecule has 0 saturated carbocycles. The molecule has 1 heterocycles. The fourth-order valence-corrected chi connectivity index (χ4v) is 2.96. The average molecular weight is 360 g/mol. The number of carbonyl (C=O) groups excluding carboxylic acids is 2. The highest BCUT2D eigenvalue weighted by molar-refractivity contribution is 5.95. The van der Waals surface area contributed by atoms with E-state index in [0.29, 0.717) is 24.2 Å². The lowest BCUT2D eigenvalue weighted by Crippen LogP contribution is -2.38. The first-order valence-corrected chi connectivity index (χ1v) is 8.12. The van der Waals surface area contributed by atoms with Crippen molar-refractivity contribution in [2.75, 3.05) is 18.8 Å². The molecule has 0 spiro atoms. The maximum atomic E-state index is 12.6. The Morgan fingerprint density at radius 2 is 1.92 bits per heavy atom. The van der Waals surface area contributed by atoms with Crippen LogP contribution in [0.25, 0.3) is 0 Å². The number of nitrogens with two attached hydrogens (primary N) is 1. The van der Waals surface area contributed by atoms with Crippen LogP contribution in [0.4, 0.5) is 5.69 Å². The Balaban J connectivity index is 0.00000225. The minimum Gasteiger partial charge on any atom is -0.399 e. The lowest BCUT2D eigenvalue weighted by atomic mass is 10.1. The van der Waals surface area contributed by atoms with Crippen LogP contribution in [0.1, 0.15) is 34.8 Å². The van der Waals surface area contributed by atoms with Crippen molar-refractivity contribution in [2.24, 2.45) is 0 Å². The van der Waals surface area contributed by atoms with Gasteiger partial charge in [-0.25, -0.2) is 0 Å². The van der Waals surface area contributed by atoms with Gasteiger partial charge >= 0.3 is 0 Å². The molecule has 3 rings (SSSR count). The van der Waals surface area contributed by atoms with Crippen LogP contribution in [0, 0.1) is 0 Å². The zero-order valence-corrected chi connectivity index (χ0v) is 14.7. The molecule has 2 aromatic carbocycles. The number of hydrogen-bond acceptors (Lipinski definition) is 3. The van der Waals surface area contributed by atoms with E-state index in [9.17, 15) is 9.59 Å². The number of hydrogen-bond donors (Lipinski definition) is 2. The summed E-state index contributed by atoms with van der Waals surface area (Å²) in [5.74, 6) is -0.0445. The van der Waals surface area contributed by atoms with Crippen molar-refractivity contribution >= 4 is 29.9 Å². The lowest BCUT2D eigenvalue weighted by Gasteiger charge is -2.25. The van der Waals surface area contributed by atoms with Crippen LogP contribution in [0.2, 0.25) is 0 Å². The van der Waals surface area contributed by atoms with Crippen LogP contribution in [0.3, 0.4) is 0 Å². The molecule has 2 amide bonds. The van der Waals surface area contributed by atoms with Gasteiger partial charge in [-0.1, -0.05) is 36.4 Å². The van der Waals surface area contributed by atoms with Gasteiger partial charge in [0, 0.05) is 30.8 Å². The Bertz CT molecular complexity index is 736. The van der Waals surface area contributed by atoms with Crippen LogP contribution in [0.15, 0.2) is 54.6 Å². The van der Waals surface area contributed by atoms with Gasteiger partial charge in [-0.2, -0.15) is 0 Å². The first-order valence-electron chi connectivity index (χ1n) is 8.12. The molecule has 0 aliphatic carbocycles. The van der Waals surface area contributed by atoms with Gasteiger partial charge in [-0.05, 0) is 30.2 Å².